The molecule has 1 aromatic carbocycles. The molecule has 0 fully saturated rings. The molecule has 0 saturated carbocycles. The number of carbonyl (C=O) groups excluding carboxylic acids is 2. The van der Waals surface area contributed by atoms with Crippen molar-refractivity contribution in [1.29, 1.82) is 0 Å². The van der Waals surface area contributed by atoms with E-state index >= 15 is 0 Å². The Kier molecular flexibility index (Phi) is 4.43. The van der Waals surface area contributed by atoms with Crippen LogP contribution >= 0.6 is 11.3 Å². The van der Waals surface area contributed by atoms with E-state index in [1.54, 1.807) is 6.92 Å². The van der Waals surface area contributed by atoms with Crippen LogP contribution < -0.4 is 5.32 Å². The number of hydrogen-bond acceptors (Lipinski definition) is 4. The lowest BCUT2D eigenvalue weighted by molar-refractivity contribution is 0.0527. The van der Waals surface area contributed by atoms with Crippen molar-refractivity contribution in [2.75, 3.05) is 11.9 Å². The molecular weight excluding hydrogens is 317 g/mol. The van der Waals surface area contributed by atoms with Crippen LogP contribution in [0.3, 0.4) is 0 Å². The molecule has 120 valence electrons. The number of fused-ring (bicyclic) bond motifs is 1. The molecular formula is C17H16FNO3S. The zero-order chi connectivity index (χ0) is 16.4. The predicted octanol–water partition coefficient (Wildman–Crippen LogP) is 3.80. The highest BCUT2D eigenvalue weighted by molar-refractivity contribution is 7.17. The summed E-state index contributed by atoms with van der Waals surface area (Å²) in [5.41, 5.74) is 1.80. The van der Waals surface area contributed by atoms with Crippen molar-refractivity contribution in [2.45, 2.75) is 26.2 Å². The SMILES string of the molecule is CCOC(=O)c1c(NC(=O)c2ccc(F)cc2)sc2c1CCC2. The average molecular weight is 333 g/mol. The van der Waals surface area contributed by atoms with Gasteiger partial charge in [-0.1, -0.05) is 0 Å². The van der Waals surface area contributed by atoms with Crippen molar-refractivity contribution in [2.24, 2.45) is 0 Å². The highest BCUT2D eigenvalue weighted by Gasteiger charge is 2.28. The number of rotatable bonds is 4. The van der Waals surface area contributed by atoms with Crippen LogP contribution in [0.1, 0.15) is 44.5 Å². The van der Waals surface area contributed by atoms with E-state index in [1.807, 2.05) is 0 Å². The van der Waals surface area contributed by atoms with E-state index < -0.39 is 11.8 Å². The number of hydrogen-bond donors (Lipinski definition) is 1. The van der Waals surface area contributed by atoms with Crippen LogP contribution in [0.15, 0.2) is 24.3 Å². The number of ether oxygens (including phenoxy) is 1. The molecule has 1 amide bonds. The second-order valence-electron chi connectivity index (χ2n) is 5.24. The van der Waals surface area contributed by atoms with Gasteiger partial charge in [0.25, 0.3) is 5.91 Å². The van der Waals surface area contributed by atoms with Crippen molar-refractivity contribution in [3.8, 4) is 0 Å². The summed E-state index contributed by atoms with van der Waals surface area (Å²) < 4.78 is 18.1. The van der Waals surface area contributed by atoms with Crippen molar-refractivity contribution >= 4 is 28.2 Å². The van der Waals surface area contributed by atoms with Crippen LogP contribution in [-0.2, 0) is 17.6 Å². The lowest BCUT2D eigenvalue weighted by atomic mass is 10.1. The van der Waals surface area contributed by atoms with Gasteiger partial charge in [0.1, 0.15) is 10.8 Å². The minimum Gasteiger partial charge on any atom is -0.462 e. The van der Waals surface area contributed by atoms with Gasteiger partial charge >= 0.3 is 5.97 Å². The van der Waals surface area contributed by atoms with Gasteiger partial charge in [0.15, 0.2) is 0 Å². The number of amides is 1. The molecule has 0 radical (unpaired) electrons. The van der Waals surface area contributed by atoms with E-state index in [1.165, 1.54) is 35.6 Å². The molecule has 0 aliphatic heterocycles. The fourth-order valence-electron chi connectivity index (χ4n) is 2.69. The lowest BCUT2D eigenvalue weighted by Crippen LogP contribution is -2.15. The van der Waals surface area contributed by atoms with Gasteiger partial charge in [-0.2, -0.15) is 0 Å². The highest BCUT2D eigenvalue weighted by Crippen LogP contribution is 2.39. The molecule has 0 saturated heterocycles. The summed E-state index contributed by atoms with van der Waals surface area (Å²) in [4.78, 5) is 25.7. The van der Waals surface area contributed by atoms with Crippen LogP contribution in [0, 0.1) is 5.82 Å². The zero-order valence-electron chi connectivity index (χ0n) is 12.6. The van der Waals surface area contributed by atoms with Gasteiger partial charge in [-0.05, 0) is 56.0 Å². The summed E-state index contributed by atoms with van der Waals surface area (Å²) in [5, 5.41) is 3.29. The standard InChI is InChI=1S/C17H16FNO3S/c1-2-22-17(21)14-12-4-3-5-13(12)23-16(14)19-15(20)10-6-8-11(18)9-7-10/h6-9H,2-5H2,1H3,(H,19,20). The van der Waals surface area contributed by atoms with E-state index in [0.29, 0.717) is 16.1 Å². The number of halogens is 1. The topological polar surface area (TPSA) is 55.4 Å². The zero-order valence-corrected chi connectivity index (χ0v) is 13.5. The maximum atomic E-state index is 13.0. The van der Waals surface area contributed by atoms with Gasteiger partial charge < -0.3 is 10.1 Å². The Hall–Kier alpha value is -2.21. The predicted molar refractivity (Wildman–Crippen MR) is 86.7 cm³/mol. The first-order valence-electron chi connectivity index (χ1n) is 7.48. The highest BCUT2D eigenvalue weighted by atomic mass is 32.1. The van der Waals surface area contributed by atoms with E-state index in [9.17, 15) is 14.0 Å². The largest absolute Gasteiger partial charge is 0.462 e. The Balaban J connectivity index is 1.89. The molecule has 0 atom stereocenters. The summed E-state index contributed by atoms with van der Waals surface area (Å²) >= 11 is 1.42. The number of esters is 1. The molecule has 1 aromatic heterocycles. The van der Waals surface area contributed by atoms with Gasteiger partial charge in [-0.15, -0.1) is 11.3 Å². The normalized spacial score (nSPS) is 12.8. The Morgan fingerprint density at radius 2 is 2.00 bits per heavy atom. The number of anilines is 1. The van der Waals surface area contributed by atoms with Crippen LogP contribution in [0.25, 0.3) is 0 Å². The molecule has 4 nitrogen and oxygen atoms in total. The van der Waals surface area contributed by atoms with Crippen molar-refractivity contribution < 1.29 is 18.7 Å². The molecule has 1 aliphatic rings. The van der Waals surface area contributed by atoms with Crippen LogP contribution in [0.2, 0.25) is 0 Å². The Morgan fingerprint density at radius 1 is 1.26 bits per heavy atom. The summed E-state index contributed by atoms with van der Waals surface area (Å²) in [5.74, 6) is -1.17. The van der Waals surface area contributed by atoms with Crippen LogP contribution in [-0.4, -0.2) is 18.5 Å². The number of thiophene rings is 1. The van der Waals surface area contributed by atoms with E-state index in [4.69, 9.17) is 4.74 Å². The number of carbonyl (C=O) groups is 2. The molecule has 0 bridgehead atoms. The minimum atomic E-state index is -0.402. The first-order valence-corrected chi connectivity index (χ1v) is 8.30. The van der Waals surface area contributed by atoms with Crippen LogP contribution in [0.4, 0.5) is 9.39 Å². The fraction of sp³-hybridized carbons (Fsp3) is 0.294. The Morgan fingerprint density at radius 3 is 2.70 bits per heavy atom. The van der Waals surface area contributed by atoms with Crippen molar-refractivity contribution in [3.63, 3.8) is 0 Å². The summed E-state index contributed by atoms with van der Waals surface area (Å²) in [6.45, 7) is 2.04. The molecule has 1 aliphatic carbocycles. The molecule has 3 rings (SSSR count). The Bertz CT molecular complexity index is 752. The molecule has 0 spiro atoms. The number of benzene rings is 1. The van der Waals surface area contributed by atoms with E-state index in [0.717, 1.165) is 29.7 Å². The fourth-order valence-corrected chi connectivity index (χ4v) is 3.96. The van der Waals surface area contributed by atoms with Crippen LogP contribution in [0.5, 0.6) is 0 Å². The quantitative estimate of drug-likeness (QED) is 0.866. The number of aryl methyl sites for hydroxylation is 1. The van der Waals surface area contributed by atoms with Gasteiger partial charge in [0.2, 0.25) is 0 Å². The average Bonchev–Trinajstić information content (AvgIpc) is 3.08. The first-order chi connectivity index (χ1) is 11.1. The maximum absolute atomic E-state index is 13.0. The molecule has 1 heterocycles. The van der Waals surface area contributed by atoms with Crippen molar-refractivity contribution in [1.82, 2.24) is 0 Å². The minimum absolute atomic E-state index is 0.287. The second kappa shape index (κ2) is 6.50. The summed E-state index contributed by atoms with van der Waals surface area (Å²) in [7, 11) is 0. The molecule has 0 unspecified atom stereocenters. The molecule has 23 heavy (non-hydrogen) atoms. The summed E-state index contributed by atoms with van der Waals surface area (Å²) in [6, 6.07) is 5.29. The maximum Gasteiger partial charge on any atom is 0.341 e. The van der Waals surface area contributed by atoms with Gasteiger partial charge in [-0.3, -0.25) is 4.79 Å². The smallest absolute Gasteiger partial charge is 0.341 e. The Labute approximate surface area is 137 Å². The van der Waals surface area contributed by atoms with Gasteiger partial charge in [0, 0.05) is 10.4 Å². The van der Waals surface area contributed by atoms with Gasteiger partial charge in [-0.25, -0.2) is 9.18 Å². The molecule has 6 heteroatoms. The second-order valence-corrected chi connectivity index (χ2v) is 6.35. The van der Waals surface area contributed by atoms with Crippen molar-refractivity contribution in [3.05, 3.63) is 51.7 Å². The molecule has 2 aromatic rings. The van der Waals surface area contributed by atoms with Gasteiger partial charge in [0.05, 0.1) is 12.2 Å². The lowest BCUT2D eigenvalue weighted by Gasteiger charge is -2.08. The monoisotopic (exact) mass is 333 g/mol. The van der Waals surface area contributed by atoms with E-state index in [2.05, 4.69) is 5.32 Å². The third-order valence-electron chi connectivity index (χ3n) is 3.73. The third kappa shape index (κ3) is 3.12. The molecule has 1 N–H and O–H groups in total. The van der Waals surface area contributed by atoms with E-state index in [-0.39, 0.29) is 12.5 Å². The summed E-state index contributed by atoms with van der Waals surface area (Å²) in [6.07, 6.45) is 2.75. The first kappa shape index (κ1) is 15.7. The number of nitrogens with one attached hydrogen (secondary N) is 1. The third-order valence-corrected chi connectivity index (χ3v) is 4.94.